The summed E-state index contributed by atoms with van der Waals surface area (Å²) in [6.07, 6.45) is 3.47. The molecule has 0 aliphatic rings. The number of pyridine rings is 1. The number of hydrogen-bond acceptors (Lipinski definition) is 4. The van der Waals surface area contributed by atoms with Crippen LogP contribution in [0.2, 0.25) is 5.15 Å². The Bertz CT molecular complexity index is 564. The predicted octanol–water partition coefficient (Wildman–Crippen LogP) is 1.92. The second-order valence-electron chi connectivity index (χ2n) is 3.07. The number of halogens is 2. The third-order valence-electron chi connectivity index (χ3n) is 1.84. The molecule has 0 saturated carbocycles. The Morgan fingerprint density at radius 2 is 2.12 bits per heavy atom. The summed E-state index contributed by atoms with van der Waals surface area (Å²) in [5.41, 5.74) is 0.0970. The molecule has 0 aromatic carbocycles. The maximum Gasteiger partial charge on any atom is 0.258 e. The zero-order chi connectivity index (χ0) is 12.3. The van der Waals surface area contributed by atoms with Crippen LogP contribution in [0.5, 0.6) is 0 Å². The van der Waals surface area contributed by atoms with E-state index in [0.29, 0.717) is 0 Å². The van der Waals surface area contributed by atoms with Gasteiger partial charge in [-0.05, 0) is 6.07 Å². The molecule has 0 radical (unpaired) electrons. The quantitative estimate of drug-likeness (QED) is 0.829. The number of nitrogens with one attached hydrogen (secondary N) is 1. The molecule has 0 spiro atoms. The van der Waals surface area contributed by atoms with E-state index in [1.807, 2.05) is 0 Å². The lowest BCUT2D eigenvalue weighted by molar-refractivity contribution is 0.102. The van der Waals surface area contributed by atoms with Gasteiger partial charge < -0.3 is 5.32 Å². The van der Waals surface area contributed by atoms with Crippen molar-refractivity contribution >= 4 is 23.3 Å². The van der Waals surface area contributed by atoms with Crippen molar-refractivity contribution in [1.82, 2.24) is 15.0 Å². The van der Waals surface area contributed by atoms with Crippen molar-refractivity contribution in [2.75, 3.05) is 5.32 Å². The molecule has 0 aliphatic carbocycles. The Hall–Kier alpha value is -2.08. The van der Waals surface area contributed by atoms with Gasteiger partial charge in [-0.2, -0.15) is 0 Å². The van der Waals surface area contributed by atoms with Crippen molar-refractivity contribution in [3.05, 3.63) is 47.4 Å². The lowest BCUT2D eigenvalue weighted by Crippen LogP contribution is -2.13. The molecule has 17 heavy (non-hydrogen) atoms. The molecule has 2 aromatic rings. The first-order valence-electron chi connectivity index (χ1n) is 4.54. The van der Waals surface area contributed by atoms with E-state index in [4.69, 9.17) is 11.6 Å². The normalized spacial score (nSPS) is 10.0. The van der Waals surface area contributed by atoms with Gasteiger partial charge in [0.2, 0.25) is 0 Å². The Kier molecular flexibility index (Phi) is 3.24. The van der Waals surface area contributed by atoms with Crippen molar-refractivity contribution < 1.29 is 9.18 Å². The summed E-state index contributed by atoms with van der Waals surface area (Å²) in [5.74, 6) is -0.871. The lowest BCUT2D eigenvalue weighted by atomic mass is 10.2. The first-order valence-corrected chi connectivity index (χ1v) is 4.92. The Morgan fingerprint density at radius 1 is 1.29 bits per heavy atom. The molecule has 0 aliphatic heterocycles. The summed E-state index contributed by atoms with van der Waals surface area (Å²) < 4.78 is 12.8. The number of rotatable bonds is 2. The van der Waals surface area contributed by atoms with Crippen LogP contribution in [0.4, 0.5) is 10.2 Å². The van der Waals surface area contributed by atoms with Crippen LogP contribution in [0.3, 0.4) is 0 Å². The highest BCUT2D eigenvalue weighted by Crippen LogP contribution is 2.10. The third-order valence-corrected chi connectivity index (χ3v) is 2.05. The van der Waals surface area contributed by atoms with Crippen molar-refractivity contribution in [1.29, 1.82) is 0 Å². The molecule has 0 fully saturated rings. The molecule has 2 heterocycles. The molecule has 0 atom stereocenters. The van der Waals surface area contributed by atoms with E-state index in [-0.39, 0.29) is 16.5 Å². The van der Waals surface area contributed by atoms with Gasteiger partial charge in [0.1, 0.15) is 23.1 Å². The summed E-state index contributed by atoms with van der Waals surface area (Å²) in [4.78, 5) is 22.7. The number of amides is 1. The maximum absolute atomic E-state index is 12.8. The van der Waals surface area contributed by atoms with E-state index in [0.717, 1.165) is 12.3 Å². The summed E-state index contributed by atoms with van der Waals surface area (Å²) in [6.45, 7) is 0. The second-order valence-corrected chi connectivity index (χ2v) is 3.46. The number of carbonyl (C=O) groups excluding carboxylic acids is 1. The standard InChI is InChI=1S/C10H6ClFN4O/c11-8-2-9(15-5-14-8)16-10(17)6-1-7(12)4-13-3-6/h1-5H,(H,14,15,16,17). The van der Waals surface area contributed by atoms with Gasteiger partial charge in [-0.15, -0.1) is 0 Å². The van der Waals surface area contributed by atoms with Crippen molar-refractivity contribution in [2.24, 2.45) is 0 Å². The third kappa shape index (κ3) is 2.94. The van der Waals surface area contributed by atoms with Crippen LogP contribution in [0.15, 0.2) is 30.9 Å². The molecule has 7 heteroatoms. The number of carbonyl (C=O) groups is 1. The van der Waals surface area contributed by atoms with Gasteiger partial charge in [0.05, 0.1) is 11.8 Å². The van der Waals surface area contributed by atoms with Crippen LogP contribution in [-0.4, -0.2) is 20.9 Å². The average molecular weight is 253 g/mol. The van der Waals surface area contributed by atoms with Crippen LogP contribution >= 0.6 is 11.6 Å². The van der Waals surface area contributed by atoms with Crippen molar-refractivity contribution in [2.45, 2.75) is 0 Å². The minimum atomic E-state index is -0.585. The molecule has 0 bridgehead atoms. The molecule has 0 unspecified atom stereocenters. The molecule has 0 saturated heterocycles. The van der Waals surface area contributed by atoms with Crippen molar-refractivity contribution in [3.8, 4) is 0 Å². The van der Waals surface area contributed by atoms with Crippen molar-refractivity contribution in [3.63, 3.8) is 0 Å². The van der Waals surface area contributed by atoms with E-state index in [9.17, 15) is 9.18 Å². The molecule has 2 rings (SSSR count). The topological polar surface area (TPSA) is 67.8 Å². The van der Waals surface area contributed by atoms with Crippen LogP contribution in [-0.2, 0) is 0 Å². The lowest BCUT2D eigenvalue weighted by Gasteiger charge is -2.03. The molecule has 1 amide bonds. The Morgan fingerprint density at radius 3 is 2.82 bits per heavy atom. The minimum absolute atomic E-state index is 0.0970. The van der Waals surface area contributed by atoms with Gasteiger partial charge in [0.25, 0.3) is 5.91 Å². The highest BCUT2D eigenvalue weighted by Gasteiger charge is 2.08. The van der Waals surface area contributed by atoms with Gasteiger partial charge in [0, 0.05) is 12.3 Å². The van der Waals surface area contributed by atoms with E-state index in [2.05, 4.69) is 20.3 Å². The SMILES string of the molecule is O=C(Nc1cc(Cl)ncn1)c1cncc(F)c1. The number of nitrogens with zero attached hydrogens (tertiary/aromatic N) is 3. The van der Waals surface area contributed by atoms with Gasteiger partial charge in [-0.1, -0.05) is 11.6 Å². The van der Waals surface area contributed by atoms with Crippen LogP contribution < -0.4 is 5.32 Å². The Labute approximate surface area is 101 Å². The Balaban J connectivity index is 2.17. The zero-order valence-corrected chi connectivity index (χ0v) is 9.15. The fourth-order valence-corrected chi connectivity index (χ4v) is 1.27. The molecule has 1 N–H and O–H groups in total. The van der Waals surface area contributed by atoms with Gasteiger partial charge >= 0.3 is 0 Å². The number of anilines is 1. The highest BCUT2D eigenvalue weighted by molar-refractivity contribution is 6.29. The predicted molar refractivity (Wildman–Crippen MR) is 59.2 cm³/mol. The molecular formula is C10H6ClFN4O. The fraction of sp³-hybridized carbons (Fsp3) is 0. The van der Waals surface area contributed by atoms with E-state index in [1.54, 1.807) is 0 Å². The second kappa shape index (κ2) is 4.84. The smallest absolute Gasteiger partial charge is 0.258 e. The van der Waals surface area contributed by atoms with Gasteiger partial charge in [-0.3, -0.25) is 9.78 Å². The zero-order valence-electron chi connectivity index (χ0n) is 8.39. The van der Waals surface area contributed by atoms with Crippen LogP contribution in [0.1, 0.15) is 10.4 Å². The first kappa shape index (κ1) is 11.4. The number of hydrogen-bond donors (Lipinski definition) is 1. The fourth-order valence-electron chi connectivity index (χ4n) is 1.13. The summed E-state index contributed by atoms with van der Waals surface area (Å²) >= 11 is 5.62. The average Bonchev–Trinajstić information content (AvgIpc) is 2.29. The van der Waals surface area contributed by atoms with Gasteiger partial charge in [-0.25, -0.2) is 14.4 Å². The largest absolute Gasteiger partial charge is 0.306 e. The van der Waals surface area contributed by atoms with Crippen LogP contribution in [0.25, 0.3) is 0 Å². The van der Waals surface area contributed by atoms with Gasteiger partial charge in [0.15, 0.2) is 0 Å². The number of aromatic nitrogens is 3. The molecule has 86 valence electrons. The maximum atomic E-state index is 12.8. The first-order chi connectivity index (χ1) is 8.15. The van der Waals surface area contributed by atoms with E-state index < -0.39 is 11.7 Å². The molecule has 5 nitrogen and oxygen atoms in total. The minimum Gasteiger partial charge on any atom is -0.306 e. The van der Waals surface area contributed by atoms with Crippen LogP contribution in [0, 0.1) is 5.82 Å². The molecule has 2 aromatic heterocycles. The highest BCUT2D eigenvalue weighted by atomic mass is 35.5. The summed E-state index contributed by atoms with van der Waals surface area (Å²) in [7, 11) is 0. The monoisotopic (exact) mass is 252 g/mol. The van der Waals surface area contributed by atoms with E-state index >= 15 is 0 Å². The summed E-state index contributed by atoms with van der Waals surface area (Å²) in [6, 6.07) is 2.46. The molecular weight excluding hydrogens is 247 g/mol. The summed E-state index contributed by atoms with van der Waals surface area (Å²) in [5, 5.41) is 2.65. The van der Waals surface area contributed by atoms with E-state index in [1.165, 1.54) is 18.6 Å².